The van der Waals surface area contributed by atoms with Crippen molar-refractivity contribution >= 4 is 11.8 Å². The van der Waals surface area contributed by atoms with Crippen molar-refractivity contribution in [2.24, 2.45) is 5.92 Å². The average molecular weight is 280 g/mol. The molecule has 1 unspecified atom stereocenters. The monoisotopic (exact) mass is 280 g/mol. The SMILES string of the molecule is CCCn1nccc1NC(=O)NC(C)C1CCOCC1. The van der Waals surface area contributed by atoms with Crippen LogP contribution in [0.25, 0.3) is 0 Å². The van der Waals surface area contributed by atoms with E-state index in [9.17, 15) is 4.79 Å². The number of ether oxygens (including phenoxy) is 1. The third kappa shape index (κ3) is 3.96. The van der Waals surface area contributed by atoms with E-state index in [-0.39, 0.29) is 12.1 Å². The van der Waals surface area contributed by atoms with Crippen molar-refractivity contribution in [2.75, 3.05) is 18.5 Å². The van der Waals surface area contributed by atoms with E-state index in [2.05, 4.69) is 29.6 Å². The lowest BCUT2D eigenvalue weighted by molar-refractivity contribution is 0.0573. The third-order valence-electron chi connectivity index (χ3n) is 3.73. The third-order valence-corrected chi connectivity index (χ3v) is 3.73. The summed E-state index contributed by atoms with van der Waals surface area (Å²) in [5.41, 5.74) is 0. The maximum Gasteiger partial charge on any atom is 0.320 e. The van der Waals surface area contributed by atoms with Gasteiger partial charge in [0.1, 0.15) is 5.82 Å². The van der Waals surface area contributed by atoms with Gasteiger partial charge in [-0.1, -0.05) is 6.92 Å². The highest BCUT2D eigenvalue weighted by Gasteiger charge is 2.22. The van der Waals surface area contributed by atoms with Crippen molar-refractivity contribution in [3.8, 4) is 0 Å². The highest BCUT2D eigenvalue weighted by atomic mass is 16.5. The lowest BCUT2D eigenvalue weighted by Crippen LogP contribution is -2.42. The summed E-state index contributed by atoms with van der Waals surface area (Å²) < 4.78 is 7.15. The Labute approximate surface area is 119 Å². The van der Waals surface area contributed by atoms with Gasteiger partial charge in [0.15, 0.2) is 0 Å². The van der Waals surface area contributed by atoms with E-state index in [0.29, 0.717) is 5.92 Å². The second kappa shape index (κ2) is 7.28. The first-order valence-electron chi connectivity index (χ1n) is 7.37. The second-order valence-corrected chi connectivity index (χ2v) is 5.28. The Balaban J connectivity index is 1.83. The summed E-state index contributed by atoms with van der Waals surface area (Å²) in [5, 5.41) is 10.1. The fraction of sp³-hybridized carbons (Fsp3) is 0.714. The second-order valence-electron chi connectivity index (χ2n) is 5.28. The lowest BCUT2D eigenvalue weighted by Gasteiger charge is -2.28. The van der Waals surface area contributed by atoms with Crippen LogP contribution in [0.5, 0.6) is 0 Å². The Morgan fingerprint density at radius 3 is 3.00 bits per heavy atom. The molecule has 20 heavy (non-hydrogen) atoms. The number of amides is 2. The molecule has 2 heterocycles. The molecule has 0 aliphatic carbocycles. The smallest absolute Gasteiger partial charge is 0.320 e. The number of hydrogen-bond acceptors (Lipinski definition) is 3. The predicted molar refractivity (Wildman–Crippen MR) is 77.7 cm³/mol. The van der Waals surface area contributed by atoms with Gasteiger partial charge in [-0.25, -0.2) is 9.48 Å². The molecule has 0 saturated carbocycles. The molecule has 0 bridgehead atoms. The van der Waals surface area contributed by atoms with Crippen molar-refractivity contribution in [1.29, 1.82) is 0 Å². The van der Waals surface area contributed by atoms with E-state index < -0.39 is 0 Å². The van der Waals surface area contributed by atoms with E-state index in [4.69, 9.17) is 4.74 Å². The molecular formula is C14H24N4O2. The molecular weight excluding hydrogens is 256 g/mol. The highest BCUT2D eigenvalue weighted by Crippen LogP contribution is 2.18. The molecule has 1 fully saturated rings. The largest absolute Gasteiger partial charge is 0.381 e. The van der Waals surface area contributed by atoms with Crippen LogP contribution in [-0.2, 0) is 11.3 Å². The lowest BCUT2D eigenvalue weighted by atomic mass is 9.93. The number of nitrogens with one attached hydrogen (secondary N) is 2. The van der Waals surface area contributed by atoms with Crippen LogP contribution in [0, 0.1) is 5.92 Å². The van der Waals surface area contributed by atoms with Crippen molar-refractivity contribution in [2.45, 2.75) is 45.7 Å². The minimum atomic E-state index is -0.165. The van der Waals surface area contributed by atoms with Gasteiger partial charge in [0.05, 0.1) is 6.20 Å². The highest BCUT2D eigenvalue weighted by molar-refractivity contribution is 5.88. The van der Waals surface area contributed by atoms with Gasteiger partial charge in [0.25, 0.3) is 0 Å². The molecule has 0 aromatic carbocycles. The molecule has 2 rings (SSSR count). The number of rotatable bonds is 5. The number of anilines is 1. The Hall–Kier alpha value is -1.56. The summed E-state index contributed by atoms with van der Waals surface area (Å²) in [4.78, 5) is 12.0. The molecule has 112 valence electrons. The Kier molecular flexibility index (Phi) is 5.40. The molecule has 1 aliphatic heterocycles. The van der Waals surface area contributed by atoms with E-state index >= 15 is 0 Å². The quantitative estimate of drug-likeness (QED) is 0.869. The number of carbonyl (C=O) groups is 1. The summed E-state index contributed by atoms with van der Waals surface area (Å²) in [5.74, 6) is 1.23. The molecule has 1 saturated heterocycles. The van der Waals surface area contributed by atoms with Gasteiger partial charge in [-0.15, -0.1) is 0 Å². The topological polar surface area (TPSA) is 68.2 Å². The first-order chi connectivity index (χ1) is 9.70. The van der Waals surface area contributed by atoms with Crippen LogP contribution in [0.2, 0.25) is 0 Å². The van der Waals surface area contributed by atoms with Crippen LogP contribution in [0.1, 0.15) is 33.1 Å². The first kappa shape index (κ1) is 14.8. The number of urea groups is 1. The number of aryl methyl sites for hydroxylation is 1. The fourth-order valence-electron chi connectivity index (χ4n) is 2.52. The number of aromatic nitrogens is 2. The molecule has 0 radical (unpaired) electrons. The van der Waals surface area contributed by atoms with Crippen LogP contribution in [0.3, 0.4) is 0 Å². The molecule has 2 amide bonds. The first-order valence-corrected chi connectivity index (χ1v) is 7.37. The summed E-state index contributed by atoms with van der Waals surface area (Å²) in [6, 6.07) is 1.80. The van der Waals surface area contributed by atoms with Gasteiger partial charge in [-0.05, 0) is 32.1 Å². The molecule has 1 atom stereocenters. The Morgan fingerprint density at radius 1 is 1.55 bits per heavy atom. The van der Waals surface area contributed by atoms with Crippen molar-refractivity contribution in [1.82, 2.24) is 15.1 Å². The zero-order valence-electron chi connectivity index (χ0n) is 12.3. The molecule has 0 spiro atoms. The number of carbonyl (C=O) groups excluding carboxylic acids is 1. The maximum atomic E-state index is 12.0. The van der Waals surface area contributed by atoms with Crippen LogP contribution in [0.15, 0.2) is 12.3 Å². The van der Waals surface area contributed by atoms with E-state index in [1.54, 1.807) is 10.9 Å². The van der Waals surface area contributed by atoms with Crippen molar-refractivity contribution < 1.29 is 9.53 Å². The van der Waals surface area contributed by atoms with Gasteiger partial charge in [0.2, 0.25) is 0 Å². The summed E-state index contributed by atoms with van der Waals surface area (Å²) in [6.45, 7) is 6.53. The molecule has 1 aromatic rings. The van der Waals surface area contributed by atoms with Crippen molar-refractivity contribution in [3.05, 3.63) is 12.3 Å². The van der Waals surface area contributed by atoms with Crippen LogP contribution in [0.4, 0.5) is 10.6 Å². The average Bonchev–Trinajstić information content (AvgIpc) is 2.87. The van der Waals surface area contributed by atoms with Crippen LogP contribution >= 0.6 is 0 Å². The van der Waals surface area contributed by atoms with Gasteiger partial charge in [-0.3, -0.25) is 5.32 Å². The molecule has 1 aliphatic rings. The summed E-state index contributed by atoms with van der Waals surface area (Å²) in [6.07, 6.45) is 4.70. The Bertz CT molecular complexity index is 427. The minimum Gasteiger partial charge on any atom is -0.381 e. The normalized spacial score (nSPS) is 17.7. The number of hydrogen-bond donors (Lipinski definition) is 2. The molecule has 6 nitrogen and oxygen atoms in total. The molecule has 2 N–H and O–H groups in total. The van der Waals surface area contributed by atoms with Gasteiger partial charge in [-0.2, -0.15) is 5.10 Å². The fourth-order valence-corrected chi connectivity index (χ4v) is 2.52. The Morgan fingerprint density at radius 2 is 2.30 bits per heavy atom. The standard InChI is InChI=1S/C14H24N4O2/c1-3-8-18-13(4-7-15-18)17-14(19)16-11(2)12-5-9-20-10-6-12/h4,7,11-12H,3,5-6,8-10H2,1-2H3,(H2,16,17,19). The van der Waals surface area contributed by atoms with Crippen molar-refractivity contribution in [3.63, 3.8) is 0 Å². The minimum absolute atomic E-state index is 0.154. The number of nitrogens with zero attached hydrogens (tertiary/aromatic N) is 2. The van der Waals surface area contributed by atoms with E-state index in [0.717, 1.165) is 44.8 Å². The van der Waals surface area contributed by atoms with Crippen LogP contribution < -0.4 is 10.6 Å². The maximum absolute atomic E-state index is 12.0. The zero-order chi connectivity index (χ0) is 14.4. The summed E-state index contributed by atoms with van der Waals surface area (Å²) >= 11 is 0. The van der Waals surface area contributed by atoms with Gasteiger partial charge in [0, 0.05) is 31.9 Å². The zero-order valence-corrected chi connectivity index (χ0v) is 12.3. The molecule has 1 aromatic heterocycles. The van der Waals surface area contributed by atoms with Gasteiger partial charge < -0.3 is 10.1 Å². The summed E-state index contributed by atoms with van der Waals surface area (Å²) in [7, 11) is 0. The van der Waals surface area contributed by atoms with E-state index in [1.165, 1.54) is 0 Å². The van der Waals surface area contributed by atoms with Gasteiger partial charge >= 0.3 is 6.03 Å². The van der Waals surface area contributed by atoms with E-state index in [1.807, 2.05) is 6.07 Å². The predicted octanol–water partition coefficient (Wildman–Crippen LogP) is 2.23. The van der Waals surface area contributed by atoms with Crippen LogP contribution in [-0.4, -0.2) is 35.1 Å². The molecule has 6 heteroatoms.